The van der Waals surface area contributed by atoms with Gasteiger partial charge in [-0.25, -0.2) is 0 Å². The van der Waals surface area contributed by atoms with Gasteiger partial charge in [-0.2, -0.15) is 0 Å². The van der Waals surface area contributed by atoms with E-state index in [0.29, 0.717) is 5.56 Å². The van der Waals surface area contributed by atoms with E-state index in [1.807, 2.05) is 39.8 Å². The van der Waals surface area contributed by atoms with Crippen molar-refractivity contribution in [3.8, 4) is 0 Å². The highest BCUT2D eigenvalue weighted by Gasteiger charge is 2.14. The van der Waals surface area contributed by atoms with E-state index in [1.165, 1.54) is 0 Å². The fraction of sp³-hybridized carbons (Fsp3) is 0.500. The molecule has 1 amide bonds. The summed E-state index contributed by atoms with van der Waals surface area (Å²) in [4.78, 5) is 18.1. The molecule has 0 aromatic carbocycles. The molecule has 3 nitrogen and oxygen atoms in total. The number of amides is 1. The molecule has 0 fully saturated rings. The summed E-state index contributed by atoms with van der Waals surface area (Å²) in [6, 6.07) is 3.74. The van der Waals surface area contributed by atoms with Crippen LogP contribution in [0.15, 0.2) is 12.1 Å². The van der Waals surface area contributed by atoms with E-state index >= 15 is 0 Å². The zero-order valence-electron chi connectivity index (χ0n) is 9.87. The maximum Gasteiger partial charge on any atom is 0.255 e. The van der Waals surface area contributed by atoms with Gasteiger partial charge in [-0.3, -0.25) is 9.78 Å². The Morgan fingerprint density at radius 2 is 1.87 bits per heavy atom. The predicted octanol–water partition coefficient (Wildman–Crippen LogP) is 2.18. The Morgan fingerprint density at radius 1 is 1.27 bits per heavy atom. The molecule has 0 aliphatic heterocycles. The van der Waals surface area contributed by atoms with E-state index < -0.39 is 0 Å². The lowest BCUT2D eigenvalue weighted by molar-refractivity contribution is 0.0772. The molecule has 0 radical (unpaired) electrons. The average molecular weight is 206 g/mol. The molecule has 0 bridgehead atoms. The summed E-state index contributed by atoms with van der Waals surface area (Å²) in [5.41, 5.74) is 2.47. The average Bonchev–Trinajstić information content (AvgIpc) is 2.19. The number of carbonyl (C=O) groups excluding carboxylic acids is 1. The van der Waals surface area contributed by atoms with Gasteiger partial charge in [-0.1, -0.05) is 0 Å². The van der Waals surface area contributed by atoms with E-state index in [0.717, 1.165) is 24.5 Å². The molecule has 0 spiro atoms. The van der Waals surface area contributed by atoms with Crippen LogP contribution < -0.4 is 0 Å². The Balaban J connectivity index is 3.00. The summed E-state index contributed by atoms with van der Waals surface area (Å²) >= 11 is 0. The number of hydrogen-bond donors (Lipinski definition) is 0. The number of nitrogens with zero attached hydrogens (tertiary/aromatic N) is 2. The molecule has 0 atom stereocenters. The van der Waals surface area contributed by atoms with Crippen molar-refractivity contribution in [1.82, 2.24) is 9.88 Å². The Labute approximate surface area is 91.1 Å². The van der Waals surface area contributed by atoms with Crippen LogP contribution in [-0.4, -0.2) is 28.9 Å². The van der Waals surface area contributed by atoms with Gasteiger partial charge in [-0.05, 0) is 39.8 Å². The highest BCUT2D eigenvalue weighted by Crippen LogP contribution is 2.09. The topological polar surface area (TPSA) is 33.2 Å². The monoisotopic (exact) mass is 206 g/mol. The van der Waals surface area contributed by atoms with Crippen LogP contribution in [-0.2, 0) is 0 Å². The summed E-state index contributed by atoms with van der Waals surface area (Å²) in [5, 5.41) is 0. The third-order valence-electron chi connectivity index (χ3n) is 2.51. The molecular formula is C12H18N2O. The van der Waals surface area contributed by atoms with Gasteiger partial charge in [0.1, 0.15) is 0 Å². The molecule has 1 aromatic heterocycles. The smallest absolute Gasteiger partial charge is 0.255 e. The largest absolute Gasteiger partial charge is 0.339 e. The number of rotatable bonds is 3. The Morgan fingerprint density at radius 3 is 2.33 bits per heavy atom. The van der Waals surface area contributed by atoms with E-state index in [-0.39, 0.29) is 5.91 Å². The highest BCUT2D eigenvalue weighted by atomic mass is 16.2. The second kappa shape index (κ2) is 4.91. The number of aromatic nitrogens is 1. The van der Waals surface area contributed by atoms with E-state index in [1.54, 1.807) is 4.90 Å². The molecule has 1 aromatic rings. The number of hydrogen-bond acceptors (Lipinski definition) is 2. The molecule has 0 aliphatic rings. The van der Waals surface area contributed by atoms with Gasteiger partial charge in [0.05, 0.1) is 11.3 Å². The molecule has 3 heteroatoms. The summed E-state index contributed by atoms with van der Waals surface area (Å²) in [6.45, 7) is 9.25. The standard InChI is InChI=1S/C12H18N2O/c1-5-14(6-2)12(15)11-8-7-9(3)13-10(11)4/h7-8H,5-6H2,1-4H3. The highest BCUT2D eigenvalue weighted by molar-refractivity contribution is 5.95. The van der Waals surface area contributed by atoms with Gasteiger partial charge in [-0.15, -0.1) is 0 Å². The number of aryl methyl sites for hydroxylation is 2. The van der Waals surface area contributed by atoms with Crippen molar-refractivity contribution in [2.45, 2.75) is 27.7 Å². The van der Waals surface area contributed by atoms with Crippen molar-refractivity contribution in [2.24, 2.45) is 0 Å². The molecule has 15 heavy (non-hydrogen) atoms. The van der Waals surface area contributed by atoms with Crippen molar-refractivity contribution in [3.05, 3.63) is 29.1 Å². The van der Waals surface area contributed by atoms with Crippen LogP contribution in [0.2, 0.25) is 0 Å². The van der Waals surface area contributed by atoms with Gasteiger partial charge in [0.2, 0.25) is 0 Å². The molecule has 0 saturated carbocycles. The molecule has 0 aliphatic carbocycles. The minimum Gasteiger partial charge on any atom is -0.339 e. The lowest BCUT2D eigenvalue weighted by Gasteiger charge is -2.19. The predicted molar refractivity (Wildman–Crippen MR) is 61.0 cm³/mol. The Bertz CT molecular complexity index is 357. The first kappa shape index (κ1) is 11.7. The van der Waals surface area contributed by atoms with Crippen LogP contribution >= 0.6 is 0 Å². The molecule has 0 unspecified atom stereocenters. The Kier molecular flexibility index (Phi) is 3.83. The molecule has 0 saturated heterocycles. The molecular weight excluding hydrogens is 188 g/mol. The van der Waals surface area contributed by atoms with E-state index in [4.69, 9.17) is 0 Å². The Hall–Kier alpha value is -1.38. The zero-order valence-corrected chi connectivity index (χ0v) is 9.87. The number of pyridine rings is 1. The van der Waals surface area contributed by atoms with Crippen molar-refractivity contribution in [3.63, 3.8) is 0 Å². The lowest BCUT2D eigenvalue weighted by Crippen LogP contribution is -2.31. The van der Waals surface area contributed by atoms with Gasteiger partial charge in [0.25, 0.3) is 5.91 Å². The van der Waals surface area contributed by atoms with Crippen molar-refractivity contribution in [2.75, 3.05) is 13.1 Å². The van der Waals surface area contributed by atoms with Gasteiger partial charge >= 0.3 is 0 Å². The van der Waals surface area contributed by atoms with Crippen molar-refractivity contribution < 1.29 is 4.79 Å². The fourth-order valence-electron chi connectivity index (χ4n) is 1.59. The second-order valence-electron chi connectivity index (χ2n) is 3.56. The SMILES string of the molecule is CCN(CC)C(=O)c1ccc(C)nc1C. The lowest BCUT2D eigenvalue weighted by atomic mass is 10.1. The molecule has 0 N–H and O–H groups in total. The third kappa shape index (κ3) is 2.55. The molecule has 82 valence electrons. The van der Waals surface area contributed by atoms with Gasteiger partial charge in [0, 0.05) is 18.8 Å². The van der Waals surface area contributed by atoms with E-state index in [9.17, 15) is 4.79 Å². The van der Waals surface area contributed by atoms with Crippen LogP contribution in [0.25, 0.3) is 0 Å². The third-order valence-corrected chi connectivity index (χ3v) is 2.51. The van der Waals surface area contributed by atoms with Crippen molar-refractivity contribution >= 4 is 5.91 Å². The van der Waals surface area contributed by atoms with Crippen molar-refractivity contribution in [1.29, 1.82) is 0 Å². The fourth-order valence-corrected chi connectivity index (χ4v) is 1.59. The summed E-state index contributed by atoms with van der Waals surface area (Å²) in [7, 11) is 0. The summed E-state index contributed by atoms with van der Waals surface area (Å²) in [5.74, 6) is 0.0741. The minimum absolute atomic E-state index is 0.0741. The quantitative estimate of drug-likeness (QED) is 0.759. The van der Waals surface area contributed by atoms with Gasteiger partial charge in [0.15, 0.2) is 0 Å². The summed E-state index contributed by atoms with van der Waals surface area (Å²) in [6.07, 6.45) is 0. The maximum atomic E-state index is 12.0. The zero-order chi connectivity index (χ0) is 11.4. The second-order valence-corrected chi connectivity index (χ2v) is 3.56. The maximum absolute atomic E-state index is 12.0. The van der Waals surface area contributed by atoms with Gasteiger partial charge < -0.3 is 4.90 Å². The minimum atomic E-state index is 0.0741. The van der Waals surface area contributed by atoms with E-state index in [2.05, 4.69) is 4.98 Å². The number of carbonyl (C=O) groups is 1. The van der Waals surface area contributed by atoms with Crippen LogP contribution in [0.1, 0.15) is 35.6 Å². The first-order valence-electron chi connectivity index (χ1n) is 5.33. The van der Waals surface area contributed by atoms with Crippen LogP contribution in [0.4, 0.5) is 0 Å². The van der Waals surface area contributed by atoms with Crippen LogP contribution in [0.3, 0.4) is 0 Å². The van der Waals surface area contributed by atoms with Crippen LogP contribution in [0, 0.1) is 13.8 Å². The van der Waals surface area contributed by atoms with Crippen LogP contribution in [0.5, 0.6) is 0 Å². The first-order valence-corrected chi connectivity index (χ1v) is 5.33. The normalized spacial score (nSPS) is 10.1. The molecule has 1 heterocycles. The summed E-state index contributed by atoms with van der Waals surface area (Å²) < 4.78 is 0. The first-order chi connectivity index (χ1) is 7.10. The molecule has 1 rings (SSSR count).